The Morgan fingerprint density at radius 3 is 2.54 bits per heavy atom. The van der Waals surface area contributed by atoms with Crippen molar-refractivity contribution < 1.29 is 17.9 Å². The van der Waals surface area contributed by atoms with Crippen LogP contribution in [0, 0.1) is 5.92 Å². The van der Waals surface area contributed by atoms with E-state index in [-0.39, 0.29) is 29.3 Å². The van der Waals surface area contributed by atoms with Gasteiger partial charge in [-0.15, -0.1) is 0 Å². The van der Waals surface area contributed by atoms with Crippen LogP contribution >= 0.6 is 0 Å². The number of sulfonamides is 1. The molecule has 3 aromatic rings. The van der Waals surface area contributed by atoms with E-state index in [1.807, 2.05) is 38.1 Å². The molecule has 0 aliphatic carbocycles. The Morgan fingerprint density at radius 1 is 1.05 bits per heavy atom. The first-order valence-corrected chi connectivity index (χ1v) is 13.9. The van der Waals surface area contributed by atoms with Crippen molar-refractivity contribution >= 4 is 32.7 Å². The third-order valence-corrected chi connectivity index (χ3v) is 8.89. The molecule has 1 unspecified atom stereocenters. The van der Waals surface area contributed by atoms with Gasteiger partial charge in [0.25, 0.3) is 0 Å². The summed E-state index contributed by atoms with van der Waals surface area (Å²) in [5.41, 5.74) is 0.800. The molecule has 1 amide bonds. The van der Waals surface area contributed by atoms with Crippen molar-refractivity contribution in [3.63, 3.8) is 0 Å². The minimum absolute atomic E-state index is 0.00679. The molecule has 2 atom stereocenters. The molecule has 3 heterocycles. The van der Waals surface area contributed by atoms with E-state index in [1.165, 1.54) is 4.31 Å². The Kier molecular flexibility index (Phi) is 7.02. The van der Waals surface area contributed by atoms with Crippen molar-refractivity contribution in [1.82, 2.24) is 24.5 Å². The molecule has 10 nitrogen and oxygen atoms in total. The van der Waals surface area contributed by atoms with Gasteiger partial charge < -0.3 is 15.4 Å². The van der Waals surface area contributed by atoms with Gasteiger partial charge in [-0.25, -0.2) is 18.4 Å². The van der Waals surface area contributed by atoms with Gasteiger partial charge in [0.2, 0.25) is 15.9 Å². The summed E-state index contributed by atoms with van der Waals surface area (Å²) in [4.78, 5) is 25.2. The number of piperazine rings is 1. The number of hydrogen-bond acceptors (Lipinski definition) is 8. The molecule has 2 aromatic carbocycles. The number of carbonyl (C=O) groups excluding carboxylic acids is 1. The summed E-state index contributed by atoms with van der Waals surface area (Å²) in [7, 11) is -2.17. The molecule has 37 heavy (non-hydrogen) atoms. The van der Waals surface area contributed by atoms with Crippen molar-refractivity contribution in [2.45, 2.75) is 37.4 Å². The molecule has 2 N–H and O–H groups in total. The summed E-state index contributed by atoms with van der Waals surface area (Å²) in [6.45, 7) is 5.79. The van der Waals surface area contributed by atoms with Crippen LogP contribution in [0.2, 0.25) is 0 Å². The fraction of sp³-hybridized carbons (Fsp3) is 0.423. The maximum Gasteiger partial charge on any atom is 0.243 e. The van der Waals surface area contributed by atoms with E-state index in [9.17, 15) is 13.2 Å². The molecule has 0 radical (unpaired) electrons. The van der Waals surface area contributed by atoms with E-state index in [0.29, 0.717) is 43.6 Å². The number of fused-ring (bicyclic) bond motifs is 5. The number of carbonyl (C=O) groups is 1. The number of para-hydroxylation sites is 1. The number of methoxy groups -OCH3 is 1. The number of rotatable bonds is 4. The lowest BCUT2D eigenvalue weighted by atomic mass is 10.0. The minimum Gasteiger partial charge on any atom is -0.497 e. The van der Waals surface area contributed by atoms with Crippen molar-refractivity contribution in [2.24, 2.45) is 5.92 Å². The summed E-state index contributed by atoms with van der Waals surface area (Å²) in [6, 6.07) is 13.4. The zero-order valence-electron chi connectivity index (χ0n) is 21.2. The minimum atomic E-state index is -3.71. The van der Waals surface area contributed by atoms with Crippen molar-refractivity contribution in [3.05, 3.63) is 54.4 Å². The van der Waals surface area contributed by atoms with Crippen molar-refractivity contribution in [2.75, 3.05) is 38.6 Å². The fourth-order valence-electron chi connectivity index (χ4n) is 4.88. The normalized spacial score (nSPS) is 21.6. The quantitative estimate of drug-likeness (QED) is 0.533. The highest BCUT2D eigenvalue weighted by molar-refractivity contribution is 7.89. The molecule has 5 rings (SSSR count). The predicted octanol–water partition coefficient (Wildman–Crippen LogP) is 2.08. The highest BCUT2D eigenvalue weighted by atomic mass is 32.2. The molecule has 1 aromatic heterocycles. The van der Waals surface area contributed by atoms with Gasteiger partial charge in [0.1, 0.15) is 23.4 Å². The van der Waals surface area contributed by atoms with E-state index in [4.69, 9.17) is 14.7 Å². The van der Waals surface area contributed by atoms with Crippen LogP contribution in [0.1, 0.15) is 19.7 Å². The summed E-state index contributed by atoms with van der Waals surface area (Å²) >= 11 is 0. The molecule has 2 bridgehead atoms. The zero-order valence-corrected chi connectivity index (χ0v) is 22.0. The SMILES string of the molecule is COc1ccc(S(=O)(=O)N2CCN3Cc4nc(c5ccccc5n4)N[C@@H](C(C)C)C(=O)NCC3C2)cc1. The van der Waals surface area contributed by atoms with Gasteiger partial charge in [0, 0.05) is 37.6 Å². The van der Waals surface area contributed by atoms with Crippen molar-refractivity contribution in [1.29, 1.82) is 0 Å². The number of hydrogen-bond donors (Lipinski definition) is 2. The lowest BCUT2D eigenvalue weighted by molar-refractivity contribution is -0.123. The highest BCUT2D eigenvalue weighted by Gasteiger charge is 2.36. The molecule has 1 fully saturated rings. The van der Waals surface area contributed by atoms with E-state index in [2.05, 4.69) is 15.5 Å². The summed E-state index contributed by atoms with van der Waals surface area (Å²) < 4.78 is 33.5. The Morgan fingerprint density at radius 2 is 1.81 bits per heavy atom. The molecule has 1 saturated heterocycles. The highest BCUT2D eigenvalue weighted by Crippen LogP contribution is 2.26. The second kappa shape index (κ2) is 10.2. The second-order valence-corrected chi connectivity index (χ2v) is 11.7. The number of anilines is 1. The lowest BCUT2D eigenvalue weighted by Gasteiger charge is -2.40. The molecular formula is C26H32N6O4S. The molecule has 196 valence electrons. The van der Waals surface area contributed by atoms with Crippen LogP contribution in [0.5, 0.6) is 5.75 Å². The van der Waals surface area contributed by atoms with Gasteiger partial charge in [0.15, 0.2) is 0 Å². The third-order valence-electron chi connectivity index (χ3n) is 7.01. The van der Waals surface area contributed by atoms with Gasteiger partial charge >= 0.3 is 0 Å². The monoisotopic (exact) mass is 524 g/mol. The smallest absolute Gasteiger partial charge is 0.243 e. The summed E-state index contributed by atoms with van der Waals surface area (Å²) in [5, 5.41) is 7.28. The number of ether oxygens (including phenoxy) is 1. The maximum absolute atomic E-state index is 13.4. The second-order valence-electron chi connectivity index (χ2n) is 9.78. The van der Waals surface area contributed by atoms with Crippen LogP contribution in [0.25, 0.3) is 10.9 Å². The number of amides is 1. The van der Waals surface area contributed by atoms with Crippen LogP contribution < -0.4 is 15.4 Å². The average molecular weight is 525 g/mol. The Hall–Kier alpha value is -3.28. The first-order valence-electron chi connectivity index (χ1n) is 12.4. The zero-order chi connectivity index (χ0) is 26.2. The average Bonchev–Trinajstić information content (AvgIpc) is 2.92. The van der Waals surface area contributed by atoms with Gasteiger partial charge in [0.05, 0.1) is 24.1 Å². The fourth-order valence-corrected chi connectivity index (χ4v) is 6.35. The van der Waals surface area contributed by atoms with Crippen molar-refractivity contribution in [3.8, 4) is 5.75 Å². The number of benzene rings is 2. The summed E-state index contributed by atoms with van der Waals surface area (Å²) in [5.74, 6) is 1.73. The number of nitrogens with zero attached hydrogens (tertiary/aromatic N) is 4. The number of aromatic nitrogens is 2. The van der Waals surface area contributed by atoms with E-state index in [0.717, 1.165) is 10.9 Å². The van der Waals surface area contributed by atoms with Gasteiger partial charge in [-0.3, -0.25) is 9.69 Å². The first kappa shape index (κ1) is 25.4. The molecule has 0 spiro atoms. The molecular weight excluding hydrogens is 492 g/mol. The predicted molar refractivity (Wildman–Crippen MR) is 141 cm³/mol. The molecule has 2 aliphatic rings. The summed E-state index contributed by atoms with van der Waals surface area (Å²) in [6.07, 6.45) is 0. The van der Waals surface area contributed by atoms with Crippen LogP contribution in [0.4, 0.5) is 5.82 Å². The topological polar surface area (TPSA) is 117 Å². The lowest BCUT2D eigenvalue weighted by Crippen LogP contribution is -2.58. The maximum atomic E-state index is 13.4. The Bertz CT molecular complexity index is 1400. The van der Waals surface area contributed by atoms with E-state index in [1.54, 1.807) is 31.4 Å². The van der Waals surface area contributed by atoms with Crippen LogP contribution in [-0.2, 0) is 21.4 Å². The first-order chi connectivity index (χ1) is 17.8. The van der Waals surface area contributed by atoms with Gasteiger partial charge in [-0.05, 0) is 42.3 Å². The Labute approximate surface area is 217 Å². The van der Waals surface area contributed by atoms with Gasteiger partial charge in [-0.1, -0.05) is 26.0 Å². The molecule has 11 heteroatoms. The third kappa shape index (κ3) is 5.11. The van der Waals surface area contributed by atoms with E-state index >= 15 is 0 Å². The molecule has 0 saturated carbocycles. The van der Waals surface area contributed by atoms with E-state index < -0.39 is 16.1 Å². The van der Waals surface area contributed by atoms with Gasteiger partial charge in [-0.2, -0.15) is 4.31 Å². The van der Waals surface area contributed by atoms with Crippen LogP contribution in [0.3, 0.4) is 0 Å². The van der Waals surface area contributed by atoms with Crippen LogP contribution in [0.15, 0.2) is 53.4 Å². The largest absolute Gasteiger partial charge is 0.497 e. The standard InChI is InChI=1S/C26H32N6O4S/c1-17(2)24-26(33)27-14-18-15-32(37(34,35)20-10-8-19(36-3)9-11-20)13-12-31(18)16-23-28-22-7-5-4-6-21(22)25(29-23)30-24/h4-11,17-18,24H,12-16H2,1-3H3,(H,27,33)(H,28,29,30)/t18?,24-/m0/s1. The van der Waals surface area contributed by atoms with Crippen LogP contribution in [-0.4, -0.2) is 78.9 Å². The number of nitrogens with one attached hydrogen (secondary N) is 2. The molecule has 2 aliphatic heterocycles. The Balaban J connectivity index is 1.47.